The van der Waals surface area contributed by atoms with Gasteiger partial charge < -0.3 is 19.6 Å². The number of hydrogen-bond acceptors (Lipinski definition) is 5. The van der Waals surface area contributed by atoms with E-state index in [1.54, 1.807) is 25.2 Å². The molecule has 2 N–H and O–H groups in total. The average Bonchev–Trinajstić information content (AvgIpc) is 3.14. The van der Waals surface area contributed by atoms with Gasteiger partial charge in [0.25, 0.3) is 5.91 Å². The first-order valence-corrected chi connectivity index (χ1v) is 16.1. The monoisotopic (exact) mass is 523 g/mol. The molecule has 0 radical (unpaired) electrons. The summed E-state index contributed by atoms with van der Waals surface area (Å²) in [4.78, 5) is 34.2. The Morgan fingerprint density at radius 2 is 2.00 bits per heavy atom. The highest BCUT2D eigenvalue weighted by atomic mass is 28.4. The molecule has 1 fully saturated rings. The molecule has 2 unspecified atom stereocenters. The van der Waals surface area contributed by atoms with Gasteiger partial charge in [0.2, 0.25) is 0 Å². The molecule has 0 saturated heterocycles. The molecule has 9 heteroatoms. The Morgan fingerprint density at radius 1 is 1.24 bits per heavy atom. The van der Waals surface area contributed by atoms with Crippen molar-refractivity contribution in [2.24, 2.45) is 7.05 Å². The highest BCUT2D eigenvalue weighted by Crippen LogP contribution is 2.39. The van der Waals surface area contributed by atoms with Crippen LogP contribution in [0.2, 0.25) is 18.1 Å². The summed E-state index contributed by atoms with van der Waals surface area (Å²) in [5.74, 6) is 0.745. The Kier molecular flexibility index (Phi) is 7.66. The number of carbonyl (C=O) groups is 1. The summed E-state index contributed by atoms with van der Waals surface area (Å²) in [6, 6.07) is 9.66. The van der Waals surface area contributed by atoms with Crippen molar-refractivity contribution >= 4 is 31.1 Å². The first-order chi connectivity index (χ1) is 17.4. The molecule has 3 aromatic rings. The van der Waals surface area contributed by atoms with Crippen molar-refractivity contribution in [1.82, 2.24) is 19.9 Å². The number of amides is 1. The largest absolute Gasteiger partial charge is 0.414 e. The highest BCUT2D eigenvalue weighted by molar-refractivity contribution is 6.74. The van der Waals surface area contributed by atoms with E-state index < -0.39 is 8.32 Å². The molecule has 37 heavy (non-hydrogen) atoms. The van der Waals surface area contributed by atoms with Crippen LogP contribution in [-0.2, 0) is 18.0 Å². The van der Waals surface area contributed by atoms with Crippen LogP contribution in [0.4, 0.5) is 5.82 Å². The fourth-order valence-corrected chi connectivity index (χ4v) is 6.15. The van der Waals surface area contributed by atoms with Crippen molar-refractivity contribution < 1.29 is 9.22 Å². The van der Waals surface area contributed by atoms with Gasteiger partial charge in [0.05, 0.1) is 11.0 Å². The normalized spacial score (nSPS) is 18.7. The predicted octanol–water partition coefficient (Wildman–Crippen LogP) is 4.96. The molecule has 0 bridgehead atoms. The summed E-state index contributed by atoms with van der Waals surface area (Å²) in [7, 11) is 2.03. The van der Waals surface area contributed by atoms with Gasteiger partial charge in [0.15, 0.2) is 8.32 Å². The van der Waals surface area contributed by atoms with Crippen LogP contribution in [0.3, 0.4) is 0 Å². The van der Waals surface area contributed by atoms with Crippen LogP contribution in [0.5, 0.6) is 0 Å². The smallest absolute Gasteiger partial charge is 0.326 e. The second-order valence-corrected chi connectivity index (χ2v) is 16.6. The zero-order valence-electron chi connectivity index (χ0n) is 23.2. The summed E-state index contributed by atoms with van der Waals surface area (Å²) in [6.45, 7) is 11.9. The zero-order chi connectivity index (χ0) is 27.0. The van der Waals surface area contributed by atoms with Crippen LogP contribution < -0.4 is 15.9 Å². The number of anilines is 1. The summed E-state index contributed by atoms with van der Waals surface area (Å²) in [6.07, 6.45) is 6.61. The molecule has 2 heterocycles. The van der Waals surface area contributed by atoms with Gasteiger partial charge in [-0.25, -0.2) is 9.78 Å². The first-order valence-electron chi connectivity index (χ1n) is 13.2. The van der Waals surface area contributed by atoms with Gasteiger partial charge in [-0.15, -0.1) is 0 Å². The van der Waals surface area contributed by atoms with Crippen molar-refractivity contribution in [2.45, 2.75) is 83.3 Å². The lowest BCUT2D eigenvalue weighted by Gasteiger charge is -2.43. The summed E-state index contributed by atoms with van der Waals surface area (Å²) in [5, 5.41) is 3.16. The Labute approximate surface area is 220 Å². The molecule has 2 atom stereocenters. The van der Waals surface area contributed by atoms with E-state index >= 15 is 0 Å². The number of pyridine rings is 1. The number of nitrogens with one attached hydrogen (secondary N) is 2. The summed E-state index contributed by atoms with van der Waals surface area (Å²) >= 11 is 0. The third-order valence-electron chi connectivity index (χ3n) is 8.20. The lowest BCUT2D eigenvalue weighted by atomic mass is 9.92. The molecule has 2 aromatic heterocycles. The van der Waals surface area contributed by atoms with E-state index in [4.69, 9.17) is 9.41 Å². The number of aromatic nitrogens is 3. The fraction of sp³-hybridized carbons (Fsp3) is 0.536. The summed E-state index contributed by atoms with van der Waals surface area (Å²) < 4.78 is 8.26. The highest BCUT2D eigenvalue weighted by Gasteiger charge is 2.40. The number of nitrogens with zero attached hydrogens (tertiary/aromatic N) is 3. The lowest BCUT2D eigenvalue weighted by Crippen LogP contribution is -2.47. The minimum absolute atomic E-state index is 0.192. The van der Waals surface area contributed by atoms with Crippen LogP contribution in [0, 0.1) is 0 Å². The van der Waals surface area contributed by atoms with Gasteiger partial charge in [0, 0.05) is 44.5 Å². The van der Waals surface area contributed by atoms with Gasteiger partial charge in [-0.1, -0.05) is 26.8 Å². The van der Waals surface area contributed by atoms with E-state index in [2.05, 4.69) is 56.1 Å². The number of aryl methyl sites for hydroxylation is 1. The predicted molar refractivity (Wildman–Crippen MR) is 152 cm³/mol. The number of H-pyrrole nitrogens is 1. The first kappa shape index (κ1) is 27.1. The quantitative estimate of drug-likeness (QED) is 0.427. The summed E-state index contributed by atoms with van der Waals surface area (Å²) in [5.41, 5.74) is 2.65. The van der Waals surface area contributed by atoms with Crippen LogP contribution in [0.15, 0.2) is 41.3 Å². The number of imidazole rings is 1. The third kappa shape index (κ3) is 5.99. The molecule has 1 aromatic carbocycles. The lowest BCUT2D eigenvalue weighted by molar-refractivity contribution is 0.0951. The molecule has 1 amide bonds. The van der Waals surface area contributed by atoms with E-state index in [-0.39, 0.29) is 16.6 Å². The van der Waals surface area contributed by atoms with Crippen molar-refractivity contribution in [3.8, 4) is 0 Å². The second-order valence-electron chi connectivity index (χ2n) is 11.9. The van der Waals surface area contributed by atoms with Crippen LogP contribution in [-0.4, -0.2) is 48.0 Å². The maximum atomic E-state index is 12.7. The van der Waals surface area contributed by atoms with Crippen molar-refractivity contribution in [1.29, 1.82) is 0 Å². The maximum absolute atomic E-state index is 12.7. The van der Waals surface area contributed by atoms with Crippen molar-refractivity contribution in [3.63, 3.8) is 0 Å². The molecule has 8 nitrogen and oxygen atoms in total. The third-order valence-corrected chi connectivity index (χ3v) is 12.7. The van der Waals surface area contributed by atoms with Crippen molar-refractivity contribution in [3.05, 3.63) is 58.1 Å². The van der Waals surface area contributed by atoms with Gasteiger partial charge in [-0.2, -0.15) is 0 Å². The zero-order valence-corrected chi connectivity index (χ0v) is 24.2. The SMILES string of the molecule is CN(c1ccc(CNC(=O)c2ccc3c(c2)[nH]c(=O)n3C)cn1)C1CCCC(O[Si](C)(C)C(C)(C)C)C1. The molecule has 1 aliphatic rings. The second kappa shape index (κ2) is 10.5. The van der Waals surface area contributed by atoms with Crippen LogP contribution in [0.25, 0.3) is 11.0 Å². The molecule has 0 spiro atoms. The van der Waals surface area contributed by atoms with E-state index in [1.165, 1.54) is 11.0 Å². The van der Waals surface area contributed by atoms with E-state index in [0.29, 0.717) is 29.8 Å². The van der Waals surface area contributed by atoms with E-state index in [0.717, 1.165) is 36.2 Å². The number of rotatable bonds is 7. The molecule has 0 aliphatic heterocycles. The molecular weight excluding hydrogens is 482 g/mol. The van der Waals surface area contributed by atoms with E-state index in [1.807, 2.05) is 18.3 Å². The Balaban J connectivity index is 1.34. The molecule has 1 saturated carbocycles. The fourth-order valence-electron chi connectivity index (χ4n) is 4.75. The Hall–Kier alpha value is -2.91. The average molecular weight is 524 g/mol. The van der Waals surface area contributed by atoms with Gasteiger partial charge in [-0.3, -0.25) is 9.36 Å². The Morgan fingerprint density at radius 3 is 2.68 bits per heavy atom. The molecule has 4 rings (SSSR count). The standard InChI is InChI=1S/C28H41N5O3Si/c1-28(2,3)37(6,7)36-22-10-8-9-21(16-22)32(4)25-14-11-19(17-29-25)18-30-26(34)20-12-13-24-23(15-20)31-27(35)33(24)5/h11-15,17,21-22H,8-10,16,18H2,1-7H3,(H,30,34)(H,31,35). The minimum Gasteiger partial charge on any atom is -0.414 e. The van der Waals surface area contributed by atoms with Crippen LogP contribution >= 0.6 is 0 Å². The van der Waals surface area contributed by atoms with Crippen LogP contribution in [0.1, 0.15) is 62.4 Å². The molecule has 200 valence electrons. The topological polar surface area (TPSA) is 92.2 Å². The number of carbonyl (C=O) groups excluding carboxylic acids is 1. The maximum Gasteiger partial charge on any atom is 0.326 e. The van der Waals surface area contributed by atoms with Gasteiger partial charge >= 0.3 is 5.69 Å². The van der Waals surface area contributed by atoms with Gasteiger partial charge in [-0.05, 0) is 73.6 Å². The van der Waals surface area contributed by atoms with Gasteiger partial charge in [0.1, 0.15) is 5.82 Å². The number of benzene rings is 1. The van der Waals surface area contributed by atoms with E-state index in [9.17, 15) is 9.59 Å². The Bertz CT molecular complexity index is 1310. The van der Waals surface area contributed by atoms with Crippen molar-refractivity contribution in [2.75, 3.05) is 11.9 Å². The molecule has 1 aliphatic carbocycles. The number of aromatic amines is 1. The number of fused-ring (bicyclic) bond motifs is 1. The minimum atomic E-state index is -1.79. The molecular formula is C28H41N5O3Si. The number of hydrogen-bond donors (Lipinski definition) is 2.